The van der Waals surface area contributed by atoms with Crippen LogP contribution in [0.3, 0.4) is 0 Å². The van der Waals surface area contributed by atoms with Gasteiger partial charge in [0.1, 0.15) is 5.38 Å². The van der Waals surface area contributed by atoms with Crippen molar-refractivity contribution >= 4 is 34.2 Å². The summed E-state index contributed by atoms with van der Waals surface area (Å²) in [5.74, 6) is -0.116. The van der Waals surface area contributed by atoms with Crippen molar-refractivity contribution in [3.63, 3.8) is 0 Å². The second kappa shape index (κ2) is 7.38. The van der Waals surface area contributed by atoms with Gasteiger partial charge in [0, 0.05) is 5.92 Å². The highest BCUT2D eigenvalue weighted by atomic mass is 35.5. The third-order valence-corrected chi connectivity index (χ3v) is 4.44. The fraction of sp³-hybridized carbons (Fsp3) is 0.846. The lowest BCUT2D eigenvalue weighted by atomic mass is 9.82. The van der Waals surface area contributed by atoms with E-state index in [1.807, 2.05) is 6.92 Å². The zero-order chi connectivity index (χ0) is 13.6. The van der Waals surface area contributed by atoms with Gasteiger partial charge in [0.25, 0.3) is 0 Å². The number of halogens is 2. The first-order chi connectivity index (χ1) is 7.78. The van der Waals surface area contributed by atoms with E-state index >= 15 is 0 Å². The van der Waals surface area contributed by atoms with Crippen LogP contribution in [0.5, 0.6) is 0 Å². The van der Waals surface area contributed by atoms with Crippen molar-refractivity contribution in [2.45, 2.75) is 58.8 Å². The first-order valence-corrected chi connectivity index (χ1v) is 6.98. The van der Waals surface area contributed by atoms with E-state index < -0.39 is 16.0 Å². The highest BCUT2D eigenvalue weighted by molar-refractivity contribution is 6.65. The normalized spacial score (nSPS) is 15.4. The van der Waals surface area contributed by atoms with E-state index in [1.165, 1.54) is 0 Å². The molecule has 0 radical (unpaired) electrons. The highest BCUT2D eigenvalue weighted by Crippen LogP contribution is 2.32. The van der Waals surface area contributed by atoms with Crippen LogP contribution in [0.1, 0.15) is 53.4 Å². The average Bonchev–Trinajstić information content (AvgIpc) is 2.28. The van der Waals surface area contributed by atoms with Crippen LogP contribution in [0.25, 0.3) is 0 Å². The van der Waals surface area contributed by atoms with E-state index in [0.29, 0.717) is 0 Å². The molecule has 0 aliphatic carbocycles. The van der Waals surface area contributed by atoms with E-state index in [0.717, 1.165) is 25.7 Å². The van der Waals surface area contributed by atoms with Crippen molar-refractivity contribution in [2.24, 2.45) is 11.3 Å². The molecule has 100 valence electrons. The van der Waals surface area contributed by atoms with Crippen LogP contribution in [-0.4, -0.2) is 16.4 Å². The van der Waals surface area contributed by atoms with Crippen molar-refractivity contribution in [1.29, 1.82) is 0 Å². The Labute approximate surface area is 114 Å². The molecule has 0 spiro atoms. The largest absolute Gasteiger partial charge is 0.298 e. The van der Waals surface area contributed by atoms with Crippen LogP contribution in [0, 0.1) is 11.3 Å². The number of ketones is 1. The van der Waals surface area contributed by atoms with E-state index in [4.69, 9.17) is 23.2 Å². The SMILES string of the molecule is CCCCC(CC)C(=O)C(Cl)C(C)(C)C(=O)Cl. The number of carbonyl (C=O) groups excluding carboxylic acids is 2. The molecule has 0 fully saturated rings. The van der Waals surface area contributed by atoms with Gasteiger partial charge >= 0.3 is 0 Å². The maximum absolute atomic E-state index is 12.2. The summed E-state index contributed by atoms with van der Waals surface area (Å²) < 4.78 is 0. The topological polar surface area (TPSA) is 34.1 Å². The summed E-state index contributed by atoms with van der Waals surface area (Å²) in [6, 6.07) is 0. The van der Waals surface area contributed by atoms with Crippen LogP contribution in [0.2, 0.25) is 0 Å². The Morgan fingerprint density at radius 1 is 1.24 bits per heavy atom. The van der Waals surface area contributed by atoms with Gasteiger partial charge in [-0.2, -0.15) is 0 Å². The van der Waals surface area contributed by atoms with Gasteiger partial charge in [-0.25, -0.2) is 0 Å². The third kappa shape index (κ3) is 4.59. The van der Waals surface area contributed by atoms with Crippen molar-refractivity contribution in [2.75, 3.05) is 0 Å². The van der Waals surface area contributed by atoms with Gasteiger partial charge in [-0.3, -0.25) is 9.59 Å². The number of carbonyl (C=O) groups is 2. The summed E-state index contributed by atoms with van der Waals surface area (Å²) in [7, 11) is 0. The zero-order valence-electron chi connectivity index (χ0n) is 11.1. The summed E-state index contributed by atoms with van der Waals surface area (Å²) in [5.41, 5.74) is -1.00. The van der Waals surface area contributed by atoms with E-state index in [1.54, 1.807) is 13.8 Å². The molecule has 0 aliphatic heterocycles. The molecule has 2 unspecified atom stereocenters. The summed E-state index contributed by atoms with van der Waals surface area (Å²) in [6.45, 7) is 7.29. The zero-order valence-corrected chi connectivity index (χ0v) is 12.6. The molecule has 0 rings (SSSR count). The molecular weight excluding hydrogens is 259 g/mol. The monoisotopic (exact) mass is 280 g/mol. The second-order valence-corrected chi connectivity index (χ2v) is 5.79. The van der Waals surface area contributed by atoms with Gasteiger partial charge in [-0.05, 0) is 38.3 Å². The van der Waals surface area contributed by atoms with E-state index in [2.05, 4.69) is 6.92 Å². The molecule has 0 saturated carbocycles. The standard InChI is InChI=1S/C13H22Cl2O2/c1-5-7-8-9(6-2)10(16)11(14)13(3,4)12(15)17/h9,11H,5-8H2,1-4H3. The summed E-state index contributed by atoms with van der Waals surface area (Å²) in [4.78, 5) is 23.5. The predicted molar refractivity (Wildman–Crippen MR) is 72.6 cm³/mol. The molecular formula is C13H22Cl2O2. The number of Topliss-reactive ketones (excluding diaryl/α,β-unsaturated/α-hetero) is 1. The minimum atomic E-state index is -1.00. The van der Waals surface area contributed by atoms with Crippen molar-refractivity contribution in [1.82, 2.24) is 0 Å². The summed E-state index contributed by atoms with van der Waals surface area (Å²) in [6.07, 6.45) is 3.65. The predicted octanol–water partition coefficient (Wildman–Crippen LogP) is 4.17. The van der Waals surface area contributed by atoms with Gasteiger partial charge in [-0.15, -0.1) is 11.6 Å². The number of alkyl halides is 1. The molecule has 17 heavy (non-hydrogen) atoms. The molecule has 0 amide bonds. The Hall–Kier alpha value is -0.0800. The Kier molecular flexibility index (Phi) is 7.34. The number of unbranched alkanes of at least 4 members (excludes halogenated alkanes) is 1. The van der Waals surface area contributed by atoms with Gasteiger partial charge in [0.2, 0.25) is 5.24 Å². The smallest absolute Gasteiger partial charge is 0.229 e. The molecule has 0 bridgehead atoms. The van der Waals surface area contributed by atoms with Crippen molar-refractivity contribution < 1.29 is 9.59 Å². The maximum Gasteiger partial charge on any atom is 0.229 e. The highest BCUT2D eigenvalue weighted by Gasteiger charge is 2.40. The Morgan fingerprint density at radius 2 is 1.76 bits per heavy atom. The Bertz CT molecular complexity index is 275. The molecule has 0 N–H and O–H groups in total. The molecule has 0 aromatic rings. The molecule has 0 saturated heterocycles. The van der Waals surface area contributed by atoms with Crippen LogP contribution in [0.4, 0.5) is 0 Å². The molecule has 2 nitrogen and oxygen atoms in total. The van der Waals surface area contributed by atoms with E-state index in [9.17, 15) is 9.59 Å². The molecule has 0 aromatic carbocycles. The van der Waals surface area contributed by atoms with Crippen molar-refractivity contribution in [3.8, 4) is 0 Å². The molecule has 0 heterocycles. The van der Waals surface area contributed by atoms with Gasteiger partial charge in [0.05, 0.1) is 5.41 Å². The van der Waals surface area contributed by atoms with E-state index in [-0.39, 0.29) is 11.7 Å². The first kappa shape index (κ1) is 16.9. The fourth-order valence-corrected chi connectivity index (χ4v) is 2.10. The molecule has 2 atom stereocenters. The molecule has 0 aromatic heterocycles. The van der Waals surface area contributed by atoms with Crippen LogP contribution in [-0.2, 0) is 9.59 Å². The third-order valence-electron chi connectivity index (χ3n) is 3.19. The quantitative estimate of drug-likeness (QED) is 0.494. The first-order valence-electron chi connectivity index (χ1n) is 6.16. The van der Waals surface area contributed by atoms with Gasteiger partial charge < -0.3 is 0 Å². The molecule has 4 heteroatoms. The van der Waals surface area contributed by atoms with Crippen LogP contribution < -0.4 is 0 Å². The summed E-state index contributed by atoms with van der Waals surface area (Å²) >= 11 is 11.6. The maximum atomic E-state index is 12.2. The minimum Gasteiger partial charge on any atom is -0.298 e. The minimum absolute atomic E-state index is 0.0541. The number of hydrogen-bond donors (Lipinski definition) is 0. The Morgan fingerprint density at radius 3 is 2.12 bits per heavy atom. The van der Waals surface area contributed by atoms with Gasteiger partial charge in [0.15, 0.2) is 5.78 Å². The second-order valence-electron chi connectivity index (χ2n) is 5.01. The number of hydrogen-bond acceptors (Lipinski definition) is 2. The summed E-state index contributed by atoms with van der Waals surface area (Å²) in [5, 5.41) is -1.40. The Balaban J connectivity index is 4.71. The lowest BCUT2D eigenvalue weighted by Gasteiger charge is -2.27. The van der Waals surface area contributed by atoms with Crippen molar-refractivity contribution in [3.05, 3.63) is 0 Å². The van der Waals surface area contributed by atoms with Gasteiger partial charge in [-0.1, -0.05) is 26.7 Å². The van der Waals surface area contributed by atoms with Crippen LogP contribution in [0.15, 0.2) is 0 Å². The average molecular weight is 281 g/mol. The fourth-order valence-electron chi connectivity index (χ4n) is 1.66. The lowest BCUT2D eigenvalue weighted by molar-refractivity contribution is -0.129. The lowest BCUT2D eigenvalue weighted by Crippen LogP contribution is -2.39. The number of rotatable bonds is 8. The van der Waals surface area contributed by atoms with Crippen LogP contribution >= 0.6 is 23.2 Å². The molecule has 0 aliphatic rings.